The second-order valence-corrected chi connectivity index (χ2v) is 7.45. The van der Waals surface area contributed by atoms with Gasteiger partial charge in [0.1, 0.15) is 0 Å². The molecule has 1 saturated carbocycles. The lowest BCUT2D eigenvalue weighted by Gasteiger charge is -2.33. The molecule has 1 unspecified atom stereocenters. The fraction of sp³-hybridized carbons (Fsp3) is 0.588. The van der Waals surface area contributed by atoms with Crippen molar-refractivity contribution in [3.05, 3.63) is 27.7 Å². The van der Waals surface area contributed by atoms with Crippen molar-refractivity contribution >= 4 is 34.8 Å². The van der Waals surface area contributed by atoms with Crippen molar-refractivity contribution in [2.45, 2.75) is 49.9 Å². The van der Waals surface area contributed by atoms with Crippen LogP contribution in [-0.4, -0.2) is 35.4 Å². The summed E-state index contributed by atoms with van der Waals surface area (Å²) in [5.74, 6) is -0.577. The molecule has 2 atom stereocenters. The van der Waals surface area contributed by atoms with Crippen LogP contribution in [0, 0.1) is 5.92 Å². The molecule has 1 aromatic rings. The van der Waals surface area contributed by atoms with Crippen LogP contribution in [0.25, 0.3) is 0 Å². The van der Waals surface area contributed by atoms with E-state index in [-0.39, 0.29) is 29.0 Å². The Hall–Kier alpha value is -0.850. The average molecular weight is 374 g/mol. The molecule has 0 aromatic heterocycles. The molecule has 0 bridgehead atoms. The first-order chi connectivity index (χ1) is 11.4. The number of anilines is 1. The topological polar surface area (TPSA) is 78.8 Å². The number of benzene rings is 1. The van der Waals surface area contributed by atoms with Crippen molar-refractivity contribution in [2.24, 2.45) is 5.92 Å². The molecular formula is C17H21Cl2NO4. The smallest absolute Gasteiger partial charge is 0.261 e. The molecule has 1 aliphatic carbocycles. The quantitative estimate of drug-likeness (QED) is 0.757. The van der Waals surface area contributed by atoms with Gasteiger partial charge in [-0.15, -0.1) is 0 Å². The number of carbonyl (C=O) groups is 1. The summed E-state index contributed by atoms with van der Waals surface area (Å²) in [4.78, 5) is 12.4. The zero-order valence-electron chi connectivity index (χ0n) is 13.4. The number of fused-ring (bicyclic) bond motifs is 1. The second kappa shape index (κ2) is 6.81. The average Bonchev–Trinajstić information content (AvgIpc) is 2.83. The highest BCUT2D eigenvalue weighted by atomic mass is 35.5. The molecule has 5 nitrogen and oxygen atoms in total. The van der Waals surface area contributed by atoms with Crippen molar-refractivity contribution in [1.29, 1.82) is 0 Å². The SMILES string of the molecule is COC1CCC(C(O)C[C@@]2(O)C(=O)Nc3c(Cl)ccc(Cl)c32)CC1. The van der Waals surface area contributed by atoms with Crippen molar-refractivity contribution < 1.29 is 19.7 Å². The molecule has 132 valence electrons. The summed E-state index contributed by atoms with van der Waals surface area (Å²) in [7, 11) is 1.69. The monoisotopic (exact) mass is 373 g/mol. The molecule has 1 aromatic carbocycles. The first-order valence-corrected chi connectivity index (χ1v) is 8.85. The third-order valence-corrected chi connectivity index (χ3v) is 5.86. The maximum atomic E-state index is 12.4. The normalized spacial score (nSPS) is 30.8. The molecular weight excluding hydrogens is 353 g/mol. The van der Waals surface area contributed by atoms with Gasteiger partial charge in [-0.1, -0.05) is 23.2 Å². The van der Waals surface area contributed by atoms with Crippen molar-refractivity contribution in [3.8, 4) is 0 Å². The number of nitrogens with one attached hydrogen (secondary N) is 1. The minimum Gasteiger partial charge on any atom is -0.393 e. The number of methoxy groups -OCH3 is 1. The van der Waals surface area contributed by atoms with E-state index in [0.717, 1.165) is 25.7 Å². The van der Waals surface area contributed by atoms with Crippen LogP contribution in [0.3, 0.4) is 0 Å². The number of halogens is 2. The molecule has 7 heteroatoms. The van der Waals surface area contributed by atoms with E-state index < -0.39 is 17.6 Å². The molecule has 3 rings (SSSR count). The highest BCUT2D eigenvalue weighted by molar-refractivity contribution is 6.38. The van der Waals surface area contributed by atoms with Crippen LogP contribution in [0.1, 0.15) is 37.7 Å². The highest BCUT2D eigenvalue weighted by Crippen LogP contribution is 2.47. The maximum Gasteiger partial charge on any atom is 0.261 e. The van der Waals surface area contributed by atoms with Crippen molar-refractivity contribution in [1.82, 2.24) is 0 Å². The molecule has 1 fully saturated rings. The number of amides is 1. The number of hydrogen-bond acceptors (Lipinski definition) is 4. The summed E-state index contributed by atoms with van der Waals surface area (Å²) in [5.41, 5.74) is -1.28. The van der Waals surface area contributed by atoms with Gasteiger partial charge in [-0.25, -0.2) is 0 Å². The van der Waals surface area contributed by atoms with E-state index in [1.807, 2.05) is 0 Å². The first kappa shape index (κ1) is 18.0. The molecule has 24 heavy (non-hydrogen) atoms. The van der Waals surface area contributed by atoms with Gasteiger partial charge in [-0.3, -0.25) is 4.79 Å². The molecule has 0 spiro atoms. The third-order valence-electron chi connectivity index (χ3n) is 5.23. The largest absolute Gasteiger partial charge is 0.393 e. The molecule has 3 N–H and O–H groups in total. The van der Waals surface area contributed by atoms with Crippen LogP contribution in [0.2, 0.25) is 10.0 Å². The van der Waals surface area contributed by atoms with E-state index in [4.69, 9.17) is 27.9 Å². The maximum absolute atomic E-state index is 12.4. The summed E-state index contributed by atoms with van der Waals surface area (Å²) in [6.07, 6.45) is 2.65. The number of ether oxygens (including phenoxy) is 1. The summed E-state index contributed by atoms with van der Waals surface area (Å²) in [5, 5.41) is 24.7. The number of hydrogen-bond donors (Lipinski definition) is 3. The van der Waals surface area contributed by atoms with Gasteiger partial charge < -0.3 is 20.3 Å². The molecule has 0 saturated heterocycles. The highest BCUT2D eigenvalue weighted by Gasteiger charge is 2.49. The van der Waals surface area contributed by atoms with Crippen LogP contribution in [-0.2, 0) is 15.1 Å². The Bertz CT molecular complexity index is 646. The van der Waals surface area contributed by atoms with E-state index in [2.05, 4.69) is 5.32 Å². The fourth-order valence-electron chi connectivity index (χ4n) is 3.78. The number of rotatable bonds is 4. The zero-order chi connectivity index (χ0) is 17.5. The standard InChI is InChI=1S/C17H21Cl2NO4/c1-24-10-4-2-9(3-5-10)13(21)8-17(23)14-11(18)6-7-12(19)15(14)20-16(17)22/h6-7,9-10,13,21,23H,2-5,8H2,1H3,(H,20,22)/t9?,10?,13?,17-/m0/s1. The second-order valence-electron chi connectivity index (χ2n) is 6.64. The minimum absolute atomic E-state index is 0.0234. The molecule has 0 radical (unpaired) electrons. The zero-order valence-corrected chi connectivity index (χ0v) is 14.9. The Morgan fingerprint density at radius 2 is 1.92 bits per heavy atom. The number of aliphatic hydroxyl groups is 2. The van der Waals surface area contributed by atoms with Crippen molar-refractivity contribution in [2.75, 3.05) is 12.4 Å². The Morgan fingerprint density at radius 1 is 1.29 bits per heavy atom. The molecule has 1 aliphatic heterocycles. The summed E-state index contributed by atoms with van der Waals surface area (Å²) in [6.45, 7) is 0. The molecule has 1 amide bonds. The predicted molar refractivity (Wildman–Crippen MR) is 92.4 cm³/mol. The fourth-order valence-corrected chi connectivity index (χ4v) is 4.30. The van der Waals surface area contributed by atoms with Crippen LogP contribution in [0.15, 0.2) is 12.1 Å². The van der Waals surface area contributed by atoms with Gasteiger partial charge >= 0.3 is 0 Å². The van der Waals surface area contributed by atoms with Crippen LogP contribution < -0.4 is 5.32 Å². The summed E-state index contributed by atoms with van der Waals surface area (Å²) >= 11 is 12.3. The Labute approximate surface area is 150 Å². The van der Waals surface area contributed by atoms with Gasteiger partial charge in [-0.05, 0) is 43.7 Å². The third kappa shape index (κ3) is 3.04. The summed E-state index contributed by atoms with van der Waals surface area (Å²) in [6, 6.07) is 3.11. The van der Waals surface area contributed by atoms with Crippen molar-refractivity contribution in [3.63, 3.8) is 0 Å². The predicted octanol–water partition coefficient (Wildman–Crippen LogP) is 3.09. The van der Waals surface area contributed by atoms with Gasteiger partial charge in [-0.2, -0.15) is 0 Å². The number of aliphatic hydroxyl groups excluding tert-OH is 1. The molecule has 1 heterocycles. The Morgan fingerprint density at radius 3 is 2.54 bits per heavy atom. The lowest BCUT2D eigenvalue weighted by molar-refractivity contribution is -0.138. The Kier molecular flexibility index (Phi) is 5.09. The van der Waals surface area contributed by atoms with Gasteiger partial charge in [0.15, 0.2) is 5.60 Å². The van der Waals surface area contributed by atoms with E-state index in [1.165, 1.54) is 0 Å². The van der Waals surface area contributed by atoms with Gasteiger partial charge in [0, 0.05) is 24.1 Å². The summed E-state index contributed by atoms with van der Waals surface area (Å²) < 4.78 is 5.34. The van der Waals surface area contributed by atoms with E-state index in [9.17, 15) is 15.0 Å². The van der Waals surface area contributed by atoms with Crippen LogP contribution in [0.4, 0.5) is 5.69 Å². The van der Waals surface area contributed by atoms with Crippen LogP contribution >= 0.6 is 23.2 Å². The minimum atomic E-state index is -1.87. The lowest BCUT2D eigenvalue weighted by atomic mass is 9.78. The van der Waals surface area contributed by atoms with Crippen LogP contribution in [0.5, 0.6) is 0 Å². The lowest BCUT2D eigenvalue weighted by Crippen LogP contribution is -2.41. The number of carbonyl (C=O) groups excluding carboxylic acids is 1. The molecule has 2 aliphatic rings. The van der Waals surface area contributed by atoms with Gasteiger partial charge in [0.05, 0.1) is 22.9 Å². The van der Waals surface area contributed by atoms with E-state index in [0.29, 0.717) is 10.7 Å². The first-order valence-electron chi connectivity index (χ1n) is 8.10. The van der Waals surface area contributed by atoms with Gasteiger partial charge in [0.2, 0.25) is 0 Å². The van der Waals surface area contributed by atoms with E-state index >= 15 is 0 Å². The van der Waals surface area contributed by atoms with E-state index in [1.54, 1.807) is 19.2 Å². The van der Waals surface area contributed by atoms with Gasteiger partial charge in [0.25, 0.3) is 5.91 Å². The Balaban J connectivity index is 1.80.